The van der Waals surface area contributed by atoms with Crippen molar-refractivity contribution >= 4 is 39.2 Å². The molecule has 0 radical (unpaired) electrons. The van der Waals surface area contributed by atoms with Crippen LogP contribution in [0.5, 0.6) is 0 Å². The van der Waals surface area contributed by atoms with Gasteiger partial charge in [-0.15, -0.1) is 11.3 Å². The van der Waals surface area contributed by atoms with Crippen molar-refractivity contribution in [2.24, 2.45) is 0 Å². The number of carbonyl (C=O) groups is 1. The molecule has 1 aromatic carbocycles. The van der Waals surface area contributed by atoms with Crippen molar-refractivity contribution in [1.82, 2.24) is 15.3 Å². The number of benzene rings is 1. The molecule has 1 fully saturated rings. The molecule has 0 bridgehead atoms. The minimum atomic E-state index is -0.288. The highest BCUT2D eigenvalue weighted by Crippen LogP contribution is 2.43. The Balaban J connectivity index is 1.54. The molecule has 3 aromatic rings. The Hall–Kier alpha value is -1.92. The lowest BCUT2D eigenvalue weighted by Gasteiger charge is -2.17. The standard InChI is InChI=1S/C21H21N3OS2/c25-19(24-14-10-11-14)18(13-6-2-1-3-7-13)27-21-17-15-8-4-5-9-16(15)26-20(17)22-12-23-21/h1-3,6-7,12,14,18H,4-5,8-11H2,(H,24,25)/t18-/m1/s1. The summed E-state index contributed by atoms with van der Waals surface area (Å²) in [6, 6.07) is 10.4. The van der Waals surface area contributed by atoms with Crippen LogP contribution in [0.1, 0.15) is 46.9 Å². The van der Waals surface area contributed by atoms with Crippen molar-refractivity contribution < 1.29 is 4.79 Å². The highest BCUT2D eigenvalue weighted by atomic mass is 32.2. The van der Waals surface area contributed by atoms with Gasteiger partial charge in [-0.2, -0.15) is 0 Å². The van der Waals surface area contributed by atoms with E-state index in [1.165, 1.54) is 28.7 Å². The highest BCUT2D eigenvalue weighted by Gasteiger charge is 2.30. The van der Waals surface area contributed by atoms with Crippen LogP contribution in [0.2, 0.25) is 0 Å². The summed E-state index contributed by atoms with van der Waals surface area (Å²) in [5, 5.41) is 5.01. The Kier molecular flexibility index (Phi) is 4.61. The molecule has 1 atom stereocenters. The Labute approximate surface area is 166 Å². The van der Waals surface area contributed by atoms with Crippen LogP contribution in [0, 0.1) is 0 Å². The first-order valence-electron chi connectivity index (χ1n) is 9.57. The van der Waals surface area contributed by atoms with Crippen LogP contribution >= 0.6 is 23.1 Å². The molecule has 0 saturated heterocycles. The summed E-state index contributed by atoms with van der Waals surface area (Å²) >= 11 is 3.37. The second-order valence-electron chi connectivity index (χ2n) is 7.26. The Morgan fingerprint density at radius 3 is 2.78 bits per heavy atom. The fraction of sp³-hybridized carbons (Fsp3) is 0.381. The third-order valence-electron chi connectivity index (χ3n) is 5.21. The molecule has 6 heteroatoms. The maximum absolute atomic E-state index is 13.0. The van der Waals surface area contributed by atoms with Gasteiger partial charge in [-0.3, -0.25) is 4.79 Å². The van der Waals surface area contributed by atoms with Gasteiger partial charge in [-0.05, 0) is 49.7 Å². The molecule has 5 rings (SSSR count). The summed E-state index contributed by atoms with van der Waals surface area (Å²) in [5.74, 6) is 0.0876. The fourth-order valence-electron chi connectivity index (χ4n) is 3.67. The third-order valence-corrected chi connectivity index (χ3v) is 7.66. The van der Waals surface area contributed by atoms with E-state index >= 15 is 0 Å². The van der Waals surface area contributed by atoms with E-state index in [4.69, 9.17) is 0 Å². The largest absolute Gasteiger partial charge is 0.352 e. The van der Waals surface area contributed by atoms with E-state index in [1.807, 2.05) is 30.3 Å². The van der Waals surface area contributed by atoms with Crippen molar-refractivity contribution in [2.75, 3.05) is 0 Å². The summed E-state index contributed by atoms with van der Waals surface area (Å²) in [6.45, 7) is 0. The maximum atomic E-state index is 13.0. The fourth-order valence-corrected chi connectivity index (χ4v) is 6.10. The molecular formula is C21H21N3OS2. The average Bonchev–Trinajstić information content (AvgIpc) is 3.43. The van der Waals surface area contributed by atoms with Gasteiger partial charge in [-0.25, -0.2) is 9.97 Å². The van der Waals surface area contributed by atoms with Crippen molar-refractivity contribution in [1.29, 1.82) is 0 Å². The van der Waals surface area contributed by atoms with Crippen LogP contribution in [0.3, 0.4) is 0 Å². The van der Waals surface area contributed by atoms with E-state index < -0.39 is 0 Å². The van der Waals surface area contributed by atoms with Crippen LogP contribution in [0.4, 0.5) is 0 Å². The Bertz CT molecular complexity index is 982. The van der Waals surface area contributed by atoms with E-state index in [-0.39, 0.29) is 11.2 Å². The molecule has 138 valence electrons. The average molecular weight is 396 g/mol. The van der Waals surface area contributed by atoms with Gasteiger partial charge < -0.3 is 5.32 Å². The first kappa shape index (κ1) is 17.2. The zero-order chi connectivity index (χ0) is 18.2. The number of nitrogens with zero attached hydrogens (tertiary/aromatic N) is 2. The van der Waals surface area contributed by atoms with Gasteiger partial charge in [0.25, 0.3) is 0 Å². The maximum Gasteiger partial charge on any atom is 0.238 e. The van der Waals surface area contributed by atoms with Crippen molar-refractivity contribution in [3.8, 4) is 0 Å². The van der Waals surface area contributed by atoms with Crippen LogP contribution in [-0.2, 0) is 17.6 Å². The van der Waals surface area contributed by atoms with Crippen LogP contribution in [0.25, 0.3) is 10.2 Å². The van der Waals surface area contributed by atoms with Gasteiger partial charge in [0, 0.05) is 16.3 Å². The quantitative estimate of drug-likeness (QED) is 0.503. The Morgan fingerprint density at radius 2 is 1.96 bits per heavy atom. The molecule has 0 aliphatic heterocycles. The number of aryl methyl sites for hydroxylation is 2. The van der Waals surface area contributed by atoms with Gasteiger partial charge in [0.2, 0.25) is 5.91 Å². The molecule has 2 aromatic heterocycles. The Morgan fingerprint density at radius 1 is 1.15 bits per heavy atom. The first-order valence-corrected chi connectivity index (χ1v) is 11.3. The second kappa shape index (κ2) is 7.24. The summed E-state index contributed by atoms with van der Waals surface area (Å²) in [5.41, 5.74) is 2.44. The molecule has 1 N–H and O–H groups in total. The van der Waals surface area contributed by atoms with Crippen molar-refractivity contribution in [3.63, 3.8) is 0 Å². The van der Waals surface area contributed by atoms with E-state index in [1.54, 1.807) is 29.4 Å². The second-order valence-corrected chi connectivity index (χ2v) is 9.44. The van der Waals surface area contributed by atoms with Gasteiger partial charge in [0.1, 0.15) is 21.4 Å². The molecule has 0 spiro atoms. The zero-order valence-electron chi connectivity index (χ0n) is 15.0. The SMILES string of the molecule is O=C(NC1CC1)[C@H](Sc1ncnc2sc3c(c12)CCCC3)c1ccccc1. The number of carbonyl (C=O) groups excluding carboxylic acids is 1. The lowest BCUT2D eigenvalue weighted by Crippen LogP contribution is -2.29. The van der Waals surface area contributed by atoms with Gasteiger partial charge >= 0.3 is 0 Å². The first-order chi connectivity index (χ1) is 13.3. The number of amides is 1. The lowest BCUT2D eigenvalue weighted by atomic mass is 9.97. The minimum Gasteiger partial charge on any atom is -0.352 e. The minimum absolute atomic E-state index is 0.0876. The summed E-state index contributed by atoms with van der Waals surface area (Å²) in [7, 11) is 0. The van der Waals surface area contributed by atoms with Crippen molar-refractivity contribution in [3.05, 3.63) is 52.7 Å². The van der Waals surface area contributed by atoms with E-state index in [2.05, 4.69) is 15.3 Å². The van der Waals surface area contributed by atoms with E-state index in [0.29, 0.717) is 6.04 Å². The molecule has 1 saturated carbocycles. The monoisotopic (exact) mass is 395 g/mol. The normalized spacial score (nSPS) is 17.5. The van der Waals surface area contributed by atoms with Crippen LogP contribution < -0.4 is 5.32 Å². The van der Waals surface area contributed by atoms with Gasteiger partial charge in [0.05, 0.1) is 0 Å². The van der Waals surface area contributed by atoms with Crippen LogP contribution in [0.15, 0.2) is 41.7 Å². The third kappa shape index (κ3) is 3.48. The van der Waals surface area contributed by atoms with Crippen molar-refractivity contribution in [2.45, 2.75) is 54.8 Å². The number of thioether (sulfide) groups is 1. The van der Waals surface area contributed by atoms with E-state index in [0.717, 1.165) is 41.1 Å². The smallest absolute Gasteiger partial charge is 0.238 e. The van der Waals surface area contributed by atoms with Gasteiger partial charge in [-0.1, -0.05) is 42.1 Å². The van der Waals surface area contributed by atoms with Gasteiger partial charge in [0.15, 0.2) is 0 Å². The zero-order valence-corrected chi connectivity index (χ0v) is 16.6. The number of aromatic nitrogens is 2. The highest BCUT2D eigenvalue weighted by molar-refractivity contribution is 8.00. The summed E-state index contributed by atoms with van der Waals surface area (Å²) in [6.07, 6.45) is 8.55. The molecule has 4 nitrogen and oxygen atoms in total. The molecule has 2 aliphatic carbocycles. The van der Waals surface area contributed by atoms with E-state index in [9.17, 15) is 4.79 Å². The number of fused-ring (bicyclic) bond motifs is 3. The molecule has 1 amide bonds. The molecule has 2 aliphatic rings. The predicted octanol–water partition coefficient (Wildman–Crippen LogP) is 4.68. The predicted molar refractivity (Wildman–Crippen MR) is 110 cm³/mol. The topological polar surface area (TPSA) is 54.9 Å². The number of nitrogens with one attached hydrogen (secondary N) is 1. The summed E-state index contributed by atoms with van der Waals surface area (Å²) in [4.78, 5) is 24.6. The summed E-state index contributed by atoms with van der Waals surface area (Å²) < 4.78 is 0. The number of thiophene rings is 1. The molecule has 2 heterocycles. The molecular weight excluding hydrogens is 374 g/mol. The molecule has 27 heavy (non-hydrogen) atoms. The number of hydrogen-bond donors (Lipinski definition) is 1. The molecule has 0 unspecified atom stereocenters. The lowest BCUT2D eigenvalue weighted by molar-refractivity contribution is -0.120. The number of hydrogen-bond acceptors (Lipinski definition) is 5. The van der Waals surface area contributed by atoms with Crippen LogP contribution in [-0.4, -0.2) is 21.9 Å². The number of rotatable bonds is 5.